The molecule has 0 spiro atoms. The van der Waals surface area contributed by atoms with Crippen molar-refractivity contribution < 1.29 is 14.3 Å². The quantitative estimate of drug-likeness (QED) is 0.857. The molecule has 2 N–H and O–H groups in total. The summed E-state index contributed by atoms with van der Waals surface area (Å²) in [5.74, 6) is 0.766. The number of hydrogen-bond donors (Lipinski definition) is 1. The number of hydrogen-bond acceptors (Lipinski definition) is 4. The molecule has 5 heteroatoms. The number of benzene rings is 1. The molecule has 1 aromatic carbocycles. The molecule has 0 fully saturated rings. The summed E-state index contributed by atoms with van der Waals surface area (Å²) in [6.45, 7) is 1.42. The van der Waals surface area contributed by atoms with E-state index in [0.717, 1.165) is 11.4 Å². The molecule has 2 rings (SSSR count). The number of nitrogens with zero attached hydrogens (tertiary/aromatic N) is 1. The van der Waals surface area contributed by atoms with Crippen LogP contribution in [0.1, 0.15) is 6.42 Å². The fraction of sp³-hybridized carbons (Fsp3) is 0.462. The van der Waals surface area contributed by atoms with Crippen molar-refractivity contribution in [2.24, 2.45) is 5.73 Å². The molecule has 0 saturated carbocycles. The van der Waals surface area contributed by atoms with Gasteiger partial charge >= 0.3 is 0 Å². The second-order valence-corrected chi connectivity index (χ2v) is 4.16. The summed E-state index contributed by atoms with van der Waals surface area (Å²) in [4.78, 5) is 14.0. The van der Waals surface area contributed by atoms with Gasteiger partial charge in [0.15, 0.2) is 0 Å². The molecule has 5 nitrogen and oxygen atoms in total. The highest BCUT2D eigenvalue weighted by Crippen LogP contribution is 2.31. The van der Waals surface area contributed by atoms with Crippen LogP contribution in [-0.4, -0.2) is 38.8 Å². The molecule has 0 radical (unpaired) electrons. The van der Waals surface area contributed by atoms with E-state index in [0.29, 0.717) is 26.1 Å². The van der Waals surface area contributed by atoms with Crippen molar-refractivity contribution in [3.05, 3.63) is 24.3 Å². The van der Waals surface area contributed by atoms with Gasteiger partial charge in [0.05, 0.1) is 24.8 Å². The normalized spacial score (nSPS) is 15.8. The molecule has 1 unspecified atom stereocenters. The summed E-state index contributed by atoms with van der Waals surface area (Å²) in [5, 5.41) is 0. The second kappa shape index (κ2) is 5.84. The maximum absolute atomic E-state index is 12.2. The third kappa shape index (κ3) is 2.63. The first-order valence-corrected chi connectivity index (χ1v) is 6.01. The van der Waals surface area contributed by atoms with Gasteiger partial charge in [-0.1, -0.05) is 12.1 Å². The Bertz CT molecular complexity index is 418. The second-order valence-electron chi connectivity index (χ2n) is 4.16. The molecule has 0 aromatic heterocycles. The van der Waals surface area contributed by atoms with Gasteiger partial charge in [-0.15, -0.1) is 0 Å². The number of fused-ring (bicyclic) bond motifs is 1. The van der Waals surface area contributed by atoms with E-state index in [1.165, 1.54) is 0 Å². The van der Waals surface area contributed by atoms with Gasteiger partial charge < -0.3 is 20.1 Å². The van der Waals surface area contributed by atoms with Gasteiger partial charge in [0, 0.05) is 13.7 Å². The standard InChI is InChI=1S/C13H18N2O3/c1-17-10(9-14)8-13(16)15-6-7-18-12-5-3-2-4-11(12)15/h2-5,10H,6-9,14H2,1H3. The summed E-state index contributed by atoms with van der Waals surface area (Å²) in [6, 6.07) is 7.54. The van der Waals surface area contributed by atoms with Crippen molar-refractivity contribution in [1.82, 2.24) is 0 Å². The first kappa shape index (κ1) is 12.9. The molecule has 1 aliphatic rings. The average molecular weight is 250 g/mol. The maximum atomic E-state index is 12.2. The predicted octanol–water partition coefficient (Wildman–Crippen LogP) is 0.776. The fourth-order valence-electron chi connectivity index (χ4n) is 2.00. The topological polar surface area (TPSA) is 64.8 Å². The van der Waals surface area contributed by atoms with E-state index in [1.807, 2.05) is 24.3 Å². The molecule has 1 atom stereocenters. The number of carbonyl (C=O) groups excluding carboxylic acids is 1. The molecule has 0 bridgehead atoms. The number of carbonyl (C=O) groups is 1. The first-order valence-electron chi connectivity index (χ1n) is 6.01. The molecule has 98 valence electrons. The van der Waals surface area contributed by atoms with Crippen LogP contribution in [0.5, 0.6) is 5.75 Å². The van der Waals surface area contributed by atoms with Crippen molar-refractivity contribution >= 4 is 11.6 Å². The Morgan fingerprint density at radius 2 is 2.33 bits per heavy atom. The lowest BCUT2D eigenvalue weighted by Gasteiger charge is -2.30. The molecular weight excluding hydrogens is 232 g/mol. The summed E-state index contributed by atoms with van der Waals surface area (Å²) >= 11 is 0. The minimum Gasteiger partial charge on any atom is -0.490 e. The van der Waals surface area contributed by atoms with Gasteiger partial charge in [0.1, 0.15) is 12.4 Å². The number of ether oxygens (including phenoxy) is 2. The lowest BCUT2D eigenvalue weighted by Crippen LogP contribution is -2.40. The van der Waals surface area contributed by atoms with E-state index in [4.69, 9.17) is 15.2 Å². The molecule has 0 aliphatic carbocycles. The minimum absolute atomic E-state index is 0.0167. The van der Waals surface area contributed by atoms with E-state index in [9.17, 15) is 4.79 Å². The van der Waals surface area contributed by atoms with Gasteiger partial charge in [0.2, 0.25) is 5.91 Å². The van der Waals surface area contributed by atoms with Crippen molar-refractivity contribution in [2.75, 3.05) is 31.7 Å². The highest BCUT2D eigenvalue weighted by molar-refractivity contribution is 5.95. The molecule has 18 heavy (non-hydrogen) atoms. The Labute approximate surface area is 106 Å². The van der Waals surface area contributed by atoms with Crippen LogP contribution in [0.3, 0.4) is 0 Å². The maximum Gasteiger partial charge on any atom is 0.229 e. The summed E-state index contributed by atoms with van der Waals surface area (Å²) in [5.41, 5.74) is 6.36. The summed E-state index contributed by atoms with van der Waals surface area (Å²) in [7, 11) is 1.57. The summed E-state index contributed by atoms with van der Waals surface area (Å²) < 4.78 is 10.7. The van der Waals surface area contributed by atoms with E-state index in [-0.39, 0.29) is 12.0 Å². The van der Waals surface area contributed by atoms with Crippen LogP contribution in [0.2, 0.25) is 0 Å². The lowest BCUT2D eigenvalue weighted by atomic mass is 10.2. The molecule has 0 saturated heterocycles. The van der Waals surface area contributed by atoms with E-state index >= 15 is 0 Å². The molecule has 1 aliphatic heterocycles. The van der Waals surface area contributed by atoms with Gasteiger partial charge in [-0.2, -0.15) is 0 Å². The molecule has 1 amide bonds. The Balaban J connectivity index is 2.12. The monoisotopic (exact) mass is 250 g/mol. The van der Waals surface area contributed by atoms with Gasteiger partial charge in [-0.05, 0) is 12.1 Å². The largest absolute Gasteiger partial charge is 0.490 e. The molecular formula is C13H18N2O3. The van der Waals surface area contributed by atoms with Crippen LogP contribution < -0.4 is 15.4 Å². The van der Waals surface area contributed by atoms with Crippen molar-refractivity contribution in [2.45, 2.75) is 12.5 Å². The predicted molar refractivity (Wildman–Crippen MR) is 68.8 cm³/mol. The van der Waals surface area contributed by atoms with Crippen LogP contribution in [0.25, 0.3) is 0 Å². The van der Waals surface area contributed by atoms with Crippen LogP contribution in [0.4, 0.5) is 5.69 Å². The minimum atomic E-state index is -0.229. The van der Waals surface area contributed by atoms with Crippen molar-refractivity contribution in [3.8, 4) is 5.75 Å². The number of nitrogens with two attached hydrogens (primary N) is 1. The van der Waals surface area contributed by atoms with Gasteiger partial charge in [-0.25, -0.2) is 0 Å². The number of rotatable bonds is 4. The first-order chi connectivity index (χ1) is 8.76. The Morgan fingerprint density at radius 3 is 3.06 bits per heavy atom. The SMILES string of the molecule is COC(CN)CC(=O)N1CCOc2ccccc21. The van der Waals surface area contributed by atoms with Gasteiger partial charge in [-0.3, -0.25) is 4.79 Å². The molecule has 1 aromatic rings. The lowest BCUT2D eigenvalue weighted by molar-refractivity contribution is -0.121. The van der Waals surface area contributed by atoms with Crippen molar-refractivity contribution in [3.63, 3.8) is 0 Å². The highest BCUT2D eigenvalue weighted by Gasteiger charge is 2.24. The van der Waals surface area contributed by atoms with E-state index in [1.54, 1.807) is 12.0 Å². The smallest absolute Gasteiger partial charge is 0.229 e. The zero-order valence-electron chi connectivity index (χ0n) is 10.5. The number of anilines is 1. The number of methoxy groups -OCH3 is 1. The van der Waals surface area contributed by atoms with Crippen LogP contribution in [-0.2, 0) is 9.53 Å². The van der Waals surface area contributed by atoms with Crippen LogP contribution >= 0.6 is 0 Å². The zero-order chi connectivity index (χ0) is 13.0. The number of para-hydroxylation sites is 2. The van der Waals surface area contributed by atoms with Crippen LogP contribution in [0.15, 0.2) is 24.3 Å². The third-order valence-corrected chi connectivity index (χ3v) is 3.03. The van der Waals surface area contributed by atoms with Crippen LogP contribution in [0, 0.1) is 0 Å². The average Bonchev–Trinajstić information content (AvgIpc) is 2.43. The number of amides is 1. The summed E-state index contributed by atoms with van der Waals surface area (Å²) in [6.07, 6.45) is 0.0638. The van der Waals surface area contributed by atoms with E-state index < -0.39 is 0 Å². The Hall–Kier alpha value is -1.59. The Kier molecular flexibility index (Phi) is 4.17. The fourth-order valence-corrected chi connectivity index (χ4v) is 2.00. The highest BCUT2D eigenvalue weighted by atomic mass is 16.5. The van der Waals surface area contributed by atoms with Crippen molar-refractivity contribution in [1.29, 1.82) is 0 Å². The van der Waals surface area contributed by atoms with E-state index in [2.05, 4.69) is 0 Å². The zero-order valence-corrected chi connectivity index (χ0v) is 10.5. The molecule has 1 heterocycles. The third-order valence-electron chi connectivity index (χ3n) is 3.03. The Morgan fingerprint density at radius 1 is 1.56 bits per heavy atom. The van der Waals surface area contributed by atoms with Gasteiger partial charge in [0.25, 0.3) is 0 Å².